The lowest BCUT2D eigenvalue weighted by Crippen LogP contribution is -2.50. The van der Waals surface area contributed by atoms with Gasteiger partial charge in [0.25, 0.3) is 0 Å². The summed E-state index contributed by atoms with van der Waals surface area (Å²) in [6, 6.07) is 10.5. The third-order valence-corrected chi connectivity index (χ3v) is 4.64. The van der Waals surface area contributed by atoms with Crippen LogP contribution in [0.1, 0.15) is 51.5 Å². The molecule has 1 fully saturated rings. The number of Topliss-reactive ketones (excluding diaryl/α,β-unsaturated/α-hetero) is 1. The van der Waals surface area contributed by atoms with Gasteiger partial charge in [0.05, 0.1) is 6.61 Å². The number of rotatable bonds is 8. The molecule has 0 saturated carbocycles. The summed E-state index contributed by atoms with van der Waals surface area (Å²) >= 11 is 0. The number of unbranched alkanes of at least 4 members (excludes halogenated alkanes) is 1. The van der Waals surface area contributed by atoms with Crippen LogP contribution in [0.2, 0.25) is 0 Å². The van der Waals surface area contributed by atoms with Gasteiger partial charge in [-0.2, -0.15) is 0 Å². The van der Waals surface area contributed by atoms with E-state index in [0.29, 0.717) is 19.6 Å². The number of ether oxygens (including phenoxy) is 1. The van der Waals surface area contributed by atoms with Crippen LogP contribution in [0.25, 0.3) is 0 Å². The molecule has 0 aromatic heterocycles. The summed E-state index contributed by atoms with van der Waals surface area (Å²) < 4.78 is 5.30. The summed E-state index contributed by atoms with van der Waals surface area (Å²) in [6.07, 6.45) is 4.29. The van der Waals surface area contributed by atoms with Crippen molar-refractivity contribution in [1.82, 2.24) is 4.90 Å². The molecule has 2 rings (SSSR count). The number of esters is 1. The highest BCUT2D eigenvalue weighted by Gasteiger charge is 2.38. The number of hydrogen-bond donors (Lipinski definition) is 0. The van der Waals surface area contributed by atoms with Gasteiger partial charge in [-0.3, -0.25) is 14.5 Å². The first-order chi connectivity index (χ1) is 11.7. The fourth-order valence-electron chi connectivity index (χ4n) is 3.24. The normalized spacial score (nSPS) is 21.7. The number of carbonyl (C=O) groups excluding carboxylic acids is 2. The third kappa shape index (κ3) is 5.17. The van der Waals surface area contributed by atoms with Crippen LogP contribution in [0.5, 0.6) is 0 Å². The maximum atomic E-state index is 12.4. The zero-order chi connectivity index (χ0) is 17.4. The first-order valence-corrected chi connectivity index (χ1v) is 9.13. The Morgan fingerprint density at radius 3 is 2.62 bits per heavy atom. The summed E-state index contributed by atoms with van der Waals surface area (Å²) in [7, 11) is 0. The van der Waals surface area contributed by atoms with Crippen molar-refractivity contribution in [1.29, 1.82) is 0 Å². The van der Waals surface area contributed by atoms with Crippen LogP contribution < -0.4 is 0 Å². The van der Waals surface area contributed by atoms with Crippen molar-refractivity contribution in [2.75, 3.05) is 13.2 Å². The van der Waals surface area contributed by atoms with Gasteiger partial charge in [-0.05, 0) is 18.4 Å². The van der Waals surface area contributed by atoms with E-state index in [2.05, 4.69) is 30.9 Å². The van der Waals surface area contributed by atoms with Crippen molar-refractivity contribution in [2.45, 2.75) is 58.5 Å². The molecule has 0 spiro atoms. The third-order valence-electron chi connectivity index (χ3n) is 4.64. The van der Waals surface area contributed by atoms with E-state index in [1.807, 2.05) is 18.2 Å². The average molecular weight is 331 g/mol. The minimum Gasteiger partial charge on any atom is -0.465 e. The van der Waals surface area contributed by atoms with Gasteiger partial charge in [0.15, 0.2) is 0 Å². The molecule has 0 amide bonds. The van der Waals surface area contributed by atoms with E-state index < -0.39 is 5.92 Å². The topological polar surface area (TPSA) is 46.6 Å². The summed E-state index contributed by atoms with van der Waals surface area (Å²) in [5, 5.41) is 0. The van der Waals surface area contributed by atoms with Gasteiger partial charge in [0, 0.05) is 25.6 Å². The molecule has 24 heavy (non-hydrogen) atoms. The Kier molecular flexibility index (Phi) is 7.44. The first kappa shape index (κ1) is 18.7. The second-order valence-electron chi connectivity index (χ2n) is 6.60. The maximum absolute atomic E-state index is 12.4. The second-order valence-corrected chi connectivity index (χ2v) is 6.60. The van der Waals surface area contributed by atoms with E-state index in [0.717, 1.165) is 32.2 Å². The minimum atomic E-state index is -0.626. The van der Waals surface area contributed by atoms with E-state index in [-0.39, 0.29) is 17.8 Å². The van der Waals surface area contributed by atoms with Crippen LogP contribution in [-0.4, -0.2) is 35.8 Å². The van der Waals surface area contributed by atoms with E-state index in [1.165, 1.54) is 5.56 Å². The molecule has 0 N–H and O–H groups in total. The molecule has 1 heterocycles. The molecular formula is C20H29NO3. The van der Waals surface area contributed by atoms with Crippen LogP contribution in [-0.2, 0) is 20.9 Å². The highest BCUT2D eigenvalue weighted by Crippen LogP contribution is 2.25. The smallest absolute Gasteiger partial charge is 0.317 e. The molecule has 2 unspecified atom stereocenters. The van der Waals surface area contributed by atoms with Crippen LogP contribution in [0, 0.1) is 5.92 Å². The van der Waals surface area contributed by atoms with E-state index >= 15 is 0 Å². The van der Waals surface area contributed by atoms with Crippen LogP contribution >= 0.6 is 0 Å². The number of piperidine rings is 1. The quantitative estimate of drug-likeness (QED) is 0.415. The first-order valence-electron chi connectivity index (χ1n) is 9.13. The molecule has 1 aromatic carbocycles. The van der Waals surface area contributed by atoms with Crippen molar-refractivity contribution >= 4 is 11.8 Å². The number of nitrogens with zero attached hydrogens (tertiary/aromatic N) is 1. The van der Waals surface area contributed by atoms with Gasteiger partial charge in [-0.25, -0.2) is 0 Å². The number of benzene rings is 1. The molecular weight excluding hydrogens is 302 g/mol. The van der Waals surface area contributed by atoms with Gasteiger partial charge in [0.1, 0.15) is 11.7 Å². The summed E-state index contributed by atoms with van der Waals surface area (Å²) in [4.78, 5) is 27.0. The zero-order valence-corrected chi connectivity index (χ0v) is 14.9. The van der Waals surface area contributed by atoms with Crippen LogP contribution in [0.4, 0.5) is 0 Å². The molecule has 1 aliphatic rings. The number of carbonyl (C=O) groups is 2. The Bertz CT molecular complexity index is 521. The van der Waals surface area contributed by atoms with Crippen molar-refractivity contribution in [3.63, 3.8) is 0 Å². The summed E-state index contributed by atoms with van der Waals surface area (Å²) in [5.41, 5.74) is 1.21. The van der Waals surface area contributed by atoms with Crippen LogP contribution in [0.3, 0.4) is 0 Å². The van der Waals surface area contributed by atoms with E-state index in [1.54, 1.807) is 0 Å². The van der Waals surface area contributed by atoms with Crippen LogP contribution in [0.15, 0.2) is 30.3 Å². The number of ketones is 1. The highest BCUT2D eigenvalue weighted by atomic mass is 16.5. The zero-order valence-electron chi connectivity index (χ0n) is 14.9. The van der Waals surface area contributed by atoms with Crippen molar-refractivity contribution < 1.29 is 14.3 Å². The van der Waals surface area contributed by atoms with Crippen molar-refractivity contribution in [2.24, 2.45) is 5.92 Å². The van der Waals surface area contributed by atoms with Crippen molar-refractivity contribution in [3.05, 3.63) is 35.9 Å². The molecule has 1 saturated heterocycles. The largest absolute Gasteiger partial charge is 0.465 e. The van der Waals surface area contributed by atoms with Gasteiger partial charge in [-0.1, -0.05) is 57.0 Å². The molecule has 0 radical (unpaired) electrons. The van der Waals surface area contributed by atoms with Crippen molar-refractivity contribution in [3.8, 4) is 0 Å². The summed E-state index contributed by atoms with van der Waals surface area (Å²) in [5.74, 6) is -0.931. The Morgan fingerprint density at radius 1 is 1.21 bits per heavy atom. The summed E-state index contributed by atoms with van der Waals surface area (Å²) in [6.45, 7) is 5.85. The molecule has 4 nitrogen and oxygen atoms in total. The molecule has 4 heteroatoms. The predicted octanol–water partition coefficient (Wildman–Crippen LogP) is 3.59. The van der Waals surface area contributed by atoms with Gasteiger partial charge >= 0.3 is 5.97 Å². The molecule has 0 bridgehead atoms. The Morgan fingerprint density at radius 2 is 1.96 bits per heavy atom. The van der Waals surface area contributed by atoms with Gasteiger partial charge < -0.3 is 4.74 Å². The number of hydrogen-bond acceptors (Lipinski definition) is 4. The minimum absolute atomic E-state index is 0.0410. The van der Waals surface area contributed by atoms with Gasteiger partial charge in [0.2, 0.25) is 0 Å². The lowest BCUT2D eigenvalue weighted by Gasteiger charge is -2.38. The van der Waals surface area contributed by atoms with Gasteiger partial charge in [-0.15, -0.1) is 0 Å². The SMILES string of the molecule is CCCCOC(=O)C1CN(Cc2ccccc2)C(CCC)CC1=O. The van der Waals surface area contributed by atoms with E-state index in [9.17, 15) is 9.59 Å². The lowest BCUT2D eigenvalue weighted by atomic mass is 9.89. The maximum Gasteiger partial charge on any atom is 0.317 e. The highest BCUT2D eigenvalue weighted by molar-refractivity contribution is 6.00. The molecule has 132 valence electrons. The molecule has 1 aliphatic heterocycles. The molecule has 1 aromatic rings. The fraction of sp³-hybridized carbons (Fsp3) is 0.600. The number of likely N-dealkylation sites (tertiary alicyclic amines) is 1. The molecule has 2 atom stereocenters. The Labute approximate surface area is 145 Å². The van der Waals surface area contributed by atoms with E-state index in [4.69, 9.17) is 4.74 Å². The second kappa shape index (κ2) is 9.58. The molecule has 0 aliphatic carbocycles. The standard InChI is InChI=1S/C20H29NO3/c1-3-5-12-24-20(23)18-15-21(14-16-10-7-6-8-11-16)17(9-4-2)13-19(18)22/h6-8,10-11,17-18H,3-5,9,12-15H2,1-2H3. The Balaban J connectivity index is 2.04. The predicted molar refractivity (Wildman–Crippen MR) is 94.5 cm³/mol. The fourth-order valence-corrected chi connectivity index (χ4v) is 3.24. The monoisotopic (exact) mass is 331 g/mol. The lowest BCUT2D eigenvalue weighted by molar-refractivity contribution is -0.155. The average Bonchev–Trinajstić information content (AvgIpc) is 2.58. The Hall–Kier alpha value is -1.68.